The minimum Gasteiger partial charge on any atom is -0.391 e. The number of halogens is 1. The number of aliphatic hydroxyl groups is 1. The molecule has 0 aliphatic heterocycles. The second-order valence-electron chi connectivity index (χ2n) is 4.45. The minimum absolute atomic E-state index is 0.260. The van der Waals surface area contributed by atoms with E-state index in [9.17, 15) is 5.11 Å². The maximum Gasteiger partial charge on any atom is 0.0763 e. The first-order valence-electron chi connectivity index (χ1n) is 5.81. The van der Waals surface area contributed by atoms with E-state index in [1.54, 1.807) is 0 Å². The highest BCUT2D eigenvalue weighted by Crippen LogP contribution is 2.28. The Morgan fingerprint density at radius 1 is 1.31 bits per heavy atom. The lowest BCUT2D eigenvalue weighted by atomic mass is 10.2. The summed E-state index contributed by atoms with van der Waals surface area (Å²) < 4.78 is 0. The number of nitrogens with zero attached hydrogens (tertiary/aromatic N) is 1. The highest BCUT2D eigenvalue weighted by atomic mass is 79.9. The van der Waals surface area contributed by atoms with Crippen LogP contribution in [0.25, 0.3) is 0 Å². The van der Waals surface area contributed by atoms with Crippen molar-refractivity contribution in [3.05, 3.63) is 35.9 Å². The fraction of sp³-hybridized carbons (Fsp3) is 0.538. The van der Waals surface area contributed by atoms with Crippen molar-refractivity contribution in [1.29, 1.82) is 0 Å². The van der Waals surface area contributed by atoms with E-state index in [-0.39, 0.29) is 6.10 Å². The summed E-state index contributed by atoms with van der Waals surface area (Å²) in [5, 5.41) is 10.4. The molecule has 3 heteroatoms. The van der Waals surface area contributed by atoms with Gasteiger partial charge >= 0.3 is 0 Å². The van der Waals surface area contributed by atoms with Gasteiger partial charge in [0.15, 0.2) is 0 Å². The zero-order valence-electron chi connectivity index (χ0n) is 9.35. The summed E-state index contributed by atoms with van der Waals surface area (Å²) in [4.78, 5) is 2.39. The number of aliphatic hydroxyl groups excluding tert-OH is 1. The van der Waals surface area contributed by atoms with Gasteiger partial charge in [0.2, 0.25) is 0 Å². The molecule has 1 saturated carbocycles. The molecule has 1 aliphatic carbocycles. The van der Waals surface area contributed by atoms with E-state index in [0.29, 0.717) is 11.4 Å². The van der Waals surface area contributed by atoms with E-state index in [1.807, 2.05) is 6.07 Å². The van der Waals surface area contributed by atoms with Gasteiger partial charge in [0.1, 0.15) is 0 Å². The monoisotopic (exact) mass is 283 g/mol. The molecule has 1 fully saturated rings. The van der Waals surface area contributed by atoms with Gasteiger partial charge in [0.25, 0.3) is 0 Å². The Morgan fingerprint density at radius 2 is 2.00 bits per heavy atom. The van der Waals surface area contributed by atoms with Crippen LogP contribution in [-0.4, -0.2) is 34.0 Å². The van der Waals surface area contributed by atoms with Crippen molar-refractivity contribution in [3.8, 4) is 0 Å². The van der Waals surface area contributed by atoms with Crippen LogP contribution < -0.4 is 0 Å². The van der Waals surface area contributed by atoms with Crippen LogP contribution in [-0.2, 0) is 6.54 Å². The molecule has 1 aliphatic rings. The minimum atomic E-state index is -0.260. The van der Waals surface area contributed by atoms with Gasteiger partial charge in [-0.1, -0.05) is 46.3 Å². The van der Waals surface area contributed by atoms with Crippen LogP contribution in [0.4, 0.5) is 0 Å². The molecule has 88 valence electrons. The first kappa shape index (κ1) is 12.1. The third kappa shape index (κ3) is 3.58. The topological polar surface area (TPSA) is 23.5 Å². The van der Waals surface area contributed by atoms with E-state index in [4.69, 9.17) is 0 Å². The first-order chi connectivity index (χ1) is 7.79. The summed E-state index contributed by atoms with van der Waals surface area (Å²) in [6, 6.07) is 11.2. The fourth-order valence-electron chi connectivity index (χ4n) is 1.92. The molecule has 1 atom stereocenters. The molecule has 0 bridgehead atoms. The van der Waals surface area contributed by atoms with Gasteiger partial charge in [-0.15, -0.1) is 0 Å². The smallest absolute Gasteiger partial charge is 0.0763 e. The van der Waals surface area contributed by atoms with E-state index in [0.717, 1.165) is 13.1 Å². The van der Waals surface area contributed by atoms with Crippen molar-refractivity contribution in [2.24, 2.45) is 0 Å². The normalized spacial score (nSPS) is 17.7. The predicted octanol–water partition coefficient (Wildman–Crippen LogP) is 2.41. The number of alkyl halides is 1. The maximum absolute atomic E-state index is 9.69. The summed E-state index contributed by atoms with van der Waals surface area (Å²) >= 11 is 3.32. The van der Waals surface area contributed by atoms with Gasteiger partial charge in [0, 0.05) is 24.5 Å². The van der Waals surface area contributed by atoms with Crippen LogP contribution in [0, 0.1) is 0 Å². The van der Waals surface area contributed by atoms with Crippen molar-refractivity contribution in [2.75, 3.05) is 11.9 Å². The lowest BCUT2D eigenvalue weighted by molar-refractivity contribution is 0.121. The average Bonchev–Trinajstić information content (AvgIpc) is 3.13. The van der Waals surface area contributed by atoms with Crippen LogP contribution in [0.5, 0.6) is 0 Å². The number of rotatable bonds is 6. The Bertz CT molecular complexity index is 313. The third-order valence-electron chi connectivity index (χ3n) is 2.92. The highest BCUT2D eigenvalue weighted by Gasteiger charge is 2.29. The first-order valence-corrected chi connectivity index (χ1v) is 6.93. The molecule has 2 rings (SSSR count). The van der Waals surface area contributed by atoms with E-state index in [1.165, 1.54) is 18.4 Å². The zero-order chi connectivity index (χ0) is 11.4. The molecule has 0 amide bonds. The highest BCUT2D eigenvalue weighted by molar-refractivity contribution is 9.09. The molecule has 1 aromatic rings. The summed E-state index contributed by atoms with van der Waals surface area (Å²) in [5.41, 5.74) is 1.33. The van der Waals surface area contributed by atoms with Crippen LogP contribution >= 0.6 is 15.9 Å². The van der Waals surface area contributed by atoms with Crippen LogP contribution in [0.1, 0.15) is 18.4 Å². The molecule has 16 heavy (non-hydrogen) atoms. The molecule has 0 aromatic heterocycles. The van der Waals surface area contributed by atoms with Gasteiger partial charge in [0.05, 0.1) is 6.10 Å². The molecule has 0 spiro atoms. The lowest BCUT2D eigenvalue weighted by Gasteiger charge is -2.24. The number of benzene rings is 1. The predicted molar refractivity (Wildman–Crippen MR) is 69.7 cm³/mol. The molecular weight excluding hydrogens is 266 g/mol. The second kappa shape index (κ2) is 5.80. The largest absolute Gasteiger partial charge is 0.391 e. The Labute approximate surface area is 105 Å². The Hall–Kier alpha value is -0.380. The molecule has 0 saturated heterocycles. The van der Waals surface area contributed by atoms with Crippen molar-refractivity contribution >= 4 is 15.9 Å². The van der Waals surface area contributed by atoms with Crippen LogP contribution in [0.2, 0.25) is 0 Å². The van der Waals surface area contributed by atoms with Crippen molar-refractivity contribution < 1.29 is 5.11 Å². The molecule has 1 N–H and O–H groups in total. The second-order valence-corrected chi connectivity index (χ2v) is 5.10. The summed E-state index contributed by atoms with van der Waals surface area (Å²) in [7, 11) is 0. The molecule has 1 aromatic carbocycles. The number of hydrogen-bond donors (Lipinski definition) is 1. The SMILES string of the molecule is OC(CBr)CN(Cc1ccccc1)C1CC1. The van der Waals surface area contributed by atoms with Crippen LogP contribution in [0.15, 0.2) is 30.3 Å². The average molecular weight is 284 g/mol. The van der Waals surface area contributed by atoms with E-state index < -0.39 is 0 Å². The molecule has 1 unspecified atom stereocenters. The van der Waals surface area contributed by atoms with E-state index >= 15 is 0 Å². The molecule has 0 heterocycles. The van der Waals surface area contributed by atoms with Gasteiger partial charge in [-0.25, -0.2) is 0 Å². The maximum atomic E-state index is 9.69. The van der Waals surface area contributed by atoms with Gasteiger partial charge in [-0.2, -0.15) is 0 Å². The summed E-state index contributed by atoms with van der Waals surface area (Å²) in [6.07, 6.45) is 2.30. The van der Waals surface area contributed by atoms with Crippen molar-refractivity contribution in [2.45, 2.75) is 31.5 Å². The molecule has 2 nitrogen and oxygen atoms in total. The lowest BCUT2D eigenvalue weighted by Crippen LogP contribution is -2.34. The Balaban J connectivity index is 1.92. The summed E-state index contributed by atoms with van der Waals surface area (Å²) in [5.74, 6) is 0. The molecular formula is C13H18BrNO. The number of hydrogen-bond acceptors (Lipinski definition) is 2. The van der Waals surface area contributed by atoms with E-state index in [2.05, 4.69) is 45.1 Å². The Morgan fingerprint density at radius 3 is 2.56 bits per heavy atom. The quantitative estimate of drug-likeness (QED) is 0.811. The van der Waals surface area contributed by atoms with Gasteiger partial charge in [-0.3, -0.25) is 4.90 Å². The standard InChI is InChI=1S/C13H18BrNO/c14-8-13(16)10-15(12-6-7-12)9-11-4-2-1-3-5-11/h1-5,12-13,16H,6-10H2. The van der Waals surface area contributed by atoms with Crippen molar-refractivity contribution in [3.63, 3.8) is 0 Å². The van der Waals surface area contributed by atoms with Gasteiger partial charge in [-0.05, 0) is 18.4 Å². The van der Waals surface area contributed by atoms with Gasteiger partial charge < -0.3 is 5.11 Å². The van der Waals surface area contributed by atoms with Crippen molar-refractivity contribution in [1.82, 2.24) is 4.90 Å². The third-order valence-corrected chi connectivity index (χ3v) is 3.66. The Kier molecular flexibility index (Phi) is 4.38. The molecule has 0 radical (unpaired) electrons. The fourth-order valence-corrected chi connectivity index (χ4v) is 2.12. The summed E-state index contributed by atoms with van der Waals surface area (Å²) in [6.45, 7) is 1.72. The zero-order valence-corrected chi connectivity index (χ0v) is 10.9. The van der Waals surface area contributed by atoms with Crippen LogP contribution in [0.3, 0.4) is 0 Å².